The van der Waals surface area contributed by atoms with Gasteiger partial charge in [0.05, 0.1) is 6.10 Å². The fourth-order valence-corrected chi connectivity index (χ4v) is 1.40. The average Bonchev–Trinajstić information content (AvgIpc) is 1.93. The number of piperazine rings is 1. The van der Waals surface area contributed by atoms with Crippen molar-refractivity contribution in [1.82, 2.24) is 9.80 Å². The van der Waals surface area contributed by atoms with Crippen molar-refractivity contribution < 1.29 is 5.11 Å². The van der Waals surface area contributed by atoms with Crippen LogP contribution in [0.1, 0.15) is 6.92 Å². The molecular formula is C8H18N2O. The minimum atomic E-state index is -0.182. The van der Waals surface area contributed by atoms with Crippen LogP contribution in [0.25, 0.3) is 0 Å². The van der Waals surface area contributed by atoms with Crippen LogP contribution in [0.3, 0.4) is 0 Å². The van der Waals surface area contributed by atoms with Gasteiger partial charge in [0.2, 0.25) is 0 Å². The molecule has 0 radical (unpaired) electrons. The average molecular weight is 158 g/mol. The second-order valence-corrected chi connectivity index (χ2v) is 3.45. The smallest absolute Gasteiger partial charge is 0.0639 e. The van der Waals surface area contributed by atoms with Gasteiger partial charge in [0, 0.05) is 32.7 Å². The summed E-state index contributed by atoms with van der Waals surface area (Å²) in [6, 6.07) is 0. The standard InChI is InChI=1S/C8H18N2O/c1-8(11)7-10-5-3-9(2)4-6-10/h8,11H,3-7H2,1-2H3/t8-/m0/s1. The molecule has 0 bridgehead atoms. The van der Waals surface area contributed by atoms with Crippen molar-refractivity contribution in [3.63, 3.8) is 0 Å². The Labute approximate surface area is 68.6 Å². The molecule has 1 aliphatic heterocycles. The van der Waals surface area contributed by atoms with Crippen LogP contribution in [0.15, 0.2) is 0 Å². The molecule has 3 heteroatoms. The van der Waals surface area contributed by atoms with Crippen LogP contribution in [-0.4, -0.2) is 60.8 Å². The van der Waals surface area contributed by atoms with E-state index in [2.05, 4.69) is 16.8 Å². The van der Waals surface area contributed by atoms with E-state index in [4.69, 9.17) is 5.11 Å². The van der Waals surface area contributed by atoms with Crippen LogP contribution >= 0.6 is 0 Å². The highest BCUT2D eigenvalue weighted by Gasteiger charge is 2.14. The Hall–Kier alpha value is -0.120. The van der Waals surface area contributed by atoms with Gasteiger partial charge in [-0.2, -0.15) is 0 Å². The molecule has 1 saturated heterocycles. The summed E-state index contributed by atoms with van der Waals surface area (Å²) in [5.41, 5.74) is 0. The maximum Gasteiger partial charge on any atom is 0.0639 e. The minimum Gasteiger partial charge on any atom is -0.392 e. The zero-order valence-electron chi connectivity index (χ0n) is 7.45. The van der Waals surface area contributed by atoms with Crippen molar-refractivity contribution in [2.45, 2.75) is 13.0 Å². The topological polar surface area (TPSA) is 26.7 Å². The number of hydrogen-bond donors (Lipinski definition) is 1. The molecule has 11 heavy (non-hydrogen) atoms. The van der Waals surface area contributed by atoms with E-state index in [-0.39, 0.29) is 6.10 Å². The molecule has 1 fully saturated rings. The maximum absolute atomic E-state index is 9.12. The third-order valence-electron chi connectivity index (χ3n) is 2.12. The van der Waals surface area contributed by atoms with Crippen molar-refractivity contribution in [2.24, 2.45) is 0 Å². The Morgan fingerprint density at radius 1 is 1.27 bits per heavy atom. The largest absolute Gasteiger partial charge is 0.392 e. The molecule has 1 rings (SSSR count). The van der Waals surface area contributed by atoms with E-state index in [1.54, 1.807) is 0 Å². The Bertz CT molecular complexity index is 109. The Morgan fingerprint density at radius 2 is 1.82 bits per heavy atom. The molecule has 0 aromatic rings. The summed E-state index contributed by atoms with van der Waals surface area (Å²) >= 11 is 0. The van der Waals surface area contributed by atoms with Gasteiger partial charge < -0.3 is 10.0 Å². The molecule has 1 atom stereocenters. The molecule has 0 spiro atoms. The second kappa shape index (κ2) is 4.04. The molecule has 0 aromatic carbocycles. The van der Waals surface area contributed by atoms with E-state index in [0.29, 0.717) is 0 Å². The number of hydrogen-bond acceptors (Lipinski definition) is 3. The van der Waals surface area contributed by atoms with E-state index in [1.807, 2.05) is 6.92 Å². The Balaban J connectivity index is 2.17. The van der Waals surface area contributed by atoms with Crippen LogP contribution in [0.2, 0.25) is 0 Å². The number of nitrogens with zero attached hydrogens (tertiary/aromatic N) is 2. The van der Waals surface area contributed by atoms with Crippen molar-refractivity contribution in [1.29, 1.82) is 0 Å². The van der Waals surface area contributed by atoms with E-state index in [1.165, 1.54) is 0 Å². The fourth-order valence-electron chi connectivity index (χ4n) is 1.40. The van der Waals surface area contributed by atoms with Gasteiger partial charge in [-0.3, -0.25) is 4.90 Å². The molecule has 0 amide bonds. The number of aliphatic hydroxyl groups excluding tert-OH is 1. The maximum atomic E-state index is 9.12. The highest BCUT2D eigenvalue weighted by Crippen LogP contribution is 1.99. The summed E-state index contributed by atoms with van der Waals surface area (Å²) in [5, 5.41) is 9.12. The molecule has 0 unspecified atom stereocenters. The first-order valence-corrected chi connectivity index (χ1v) is 4.27. The molecule has 0 aliphatic carbocycles. The van der Waals surface area contributed by atoms with Crippen LogP contribution in [-0.2, 0) is 0 Å². The van der Waals surface area contributed by atoms with E-state index in [9.17, 15) is 0 Å². The van der Waals surface area contributed by atoms with Gasteiger partial charge in [-0.15, -0.1) is 0 Å². The summed E-state index contributed by atoms with van der Waals surface area (Å²) in [6.07, 6.45) is -0.182. The van der Waals surface area contributed by atoms with Crippen molar-refractivity contribution in [3.05, 3.63) is 0 Å². The SMILES string of the molecule is C[C@H](O)CN1CCN(C)CC1. The van der Waals surface area contributed by atoms with Gasteiger partial charge in [-0.25, -0.2) is 0 Å². The lowest BCUT2D eigenvalue weighted by molar-refractivity contribution is 0.0899. The van der Waals surface area contributed by atoms with Crippen LogP contribution in [0.5, 0.6) is 0 Å². The first kappa shape index (κ1) is 8.97. The molecule has 0 aromatic heterocycles. The minimum absolute atomic E-state index is 0.182. The Kier molecular flexibility index (Phi) is 3.30. The van der Waals surface area contributed by atoms with E-state index in [0.717, 1.165) is 32.7 Å². The molecule has 3 nitrogen and oxygen atoms in total. The van der Waals surface area contributed by atoms with Gasteiger partial charge in [0.25, 0.3) is 0 Å². The molecule has 1 heterocycles. The van der Waals surface area contributed by atoms with E-state index >= 15 is 0 Å². The lowest BCUT2D eigenvalue weighted by Gasteiger charge is -2.32. The van der Waals surface area contributed by atoms with Crippen molar-refractivity contribution in [2.75, 3.05) is 39.8 Å². The summed E-state index contributed by atoms with van der Waals surface area (Å²) in [4.78, 5) is 4.63. The first-order valence-electron chi connectivity index (χ1n) is 4.27. The predicted octanol–water partition coefficient (Wildman–Crippen LogP) is -0.385. The third-order valence-corrected chi connectivity index (χ3v) is 2.12. The van der Waals surface area contributed by atoms with Gasteiger partial charge in [0.1, 0.15) is 0 Å². The summed E-state index contributed by atoms with van der Waals surface area (Å²) in [7, 11) is 2.14. The fraction of sp³-hybridized carbons (Fsp3) is 1.00. The molecular weight excluding hydrogens is 140 g/mol. The van der Waals surface area contributed by atoms with Crippen LogP contribution in [0, 0.1) is 0 Å². The third kappa shape index (κ3) is 3.18. The predicted molar refractivity (Wildman–Crippen MR) is 45.6 cm³/mol. The molecule has 66 valence electrons. The van der Waals surface area contributed by atoms with Gasteiger partial charge in [0.15, 0.2) is 0 Å². The second-order valence-electron chi connectivity index (χ2n) is 3.45. The Morgan fingerprint density at radius 3 is 2.27 bits per heavy atom. The zero-order valence-corrected chi connectivity index (χ0v) is 7.45. The van der Waals surface area contributed by atoms with Gasteiger partial charge in [-0.1, -0.05) is 0 Å². The summed E-state index contributed by atoms with van der Waals surface area (Å²) in [6.45, 7) is 7.13. The van der Waals surface area contributed by atoms with Crippen molar-refractivity contribution in [3.8, 4) is 0 Å². The number of β-amino-alcohol motifs (C(OH)–C–C–N with tert-alkyl or cyclic N) is 1. The highest BCUT2D eigenvalue weighted by atomic mass is 16.3. The van der Waals surface area contributed by atoms with Gasteiger partial charge in [-0.05, 0) is 14.0 Å². The summed E-state index contributed by atoms with van der Waals surface area (Å²) in [5.74, 6) is 0. The molecule has 1 aliphatic rings. The lowest BCUT2D eigenvalue weighted by atomic mass is 10.3. The lowest BCUT2D eigenvalue weighted by Crippen LogP contribution is -2.46. The van der Waals surface area contributed by atoms with Crippen LogP contribution in [0.4, 0.5) is 0 Å². The number of rotatable bonds is 2. The monoisotopic (exact) mass is 158 g/mol. The normalized spacial score (nSPS) is 25.4. The van der Waals surface area contributed by atoms with E-state index < -0.39 is 0 Å². The number of aliphatic hydroxyl groups is 1. The van der Waals surface area contributed by atoms with Crippen molar-refractivity contribution >= 4 is 0 Å². The quantitative estimate of drug-likeness (QED) is 0.593. The number of likely N-dealkylation sites (N-methyl/N-ethyl adjacent to an activating group) is 1. The zero-order chi connectivity index (χ0) is 8.27. The van der Waals surface area contributed by atoms with Crippen LogP contribution < -0.4 is 0 Å². The van der Waals surface area contributed by atoms with Gasteiger partial charge >= 0.3 is 0 Å². The summed E-state index contributed by atoms with van der Waals surface area (Å²) < 4.78 is 0. The molecule has 0 saturated carbocycles. The highest BCUT2D eigenvalue weighted by molar-refractivity contribution is 4.70. The molecule has 1 N–H and O–H groups in total. The first-order chi connectivity index (χ1) is 5.18.